The normalized spacial score (nSPS) is 10.6. The van der Waals surface area contributed by atoms with Gasteiger partial charge in [-0.05, 0) is 10.3 Å². The minimum absolute atomic E-state index is 0.0130. The third kappa shape index (κ3) is 1.80. The highest BCUT2D eigenvalue weighted by molar-refractivity contribution is 5.86. The van der Waals surface area contributed by atoms with Gasteiger partial charge in [-0.25, -0.2) is 9.42 Å². The number of carboxylic acid groups (broad SMARTS) is 1. The summed E-state index contributed by atoms with van der Waals surface area (Å²) in [5, 5.41) is 22.9. The number of nitrogens with two attached hydrogens (primary N) is 1. The molecule has 3 N–H and O–H groups in total. The lowest BCUT2D eigenvalue weighted by Gasteiger charge is -2.01. The molecule has 0 aliphatic carbocycles. The second-order valence-electron chi connectivity index (χ2n) is 3.01. The SMILES string of the molecule is COCc1c(C(=O)O)nnn1-c1nonc1N. The van der Waals surface area contributed by atoms with Crippen LogP contribution < -0.4 is 5.73 Å². The van der Waals surface area contributed by atoms with Gasteiger partial charge in [0.1, 0.15) is 5.69 Å². The first-order valence-electron chi connectivity index (χ1n) is 4.40. The third-order valence-electron chi connectivity index (χ3n) is 1.94. The Morgan fingerprint density at radius 3 is 2.88 bits per heavy atom. The molecule has 0 aromatic carbocycles. The Kier molecular flexibility index (Phi) is 2.70. The number of aromatic nitrogens is 5. The Morgan fingerprint density at radius 2 is 2.35 bits per heavy atom. The van der Waals surface area contributed by atoms with Crippen molar-refractivity contribution in [2.45, 2.75) is 6.61 Å². The van der Waals surface area contributed by atoms with E-state index >= 15 is 0 Å². The van der Waals surface area contributed by atoms with Crippen molar-refractivity contribution in [1.29, 1.82) is 0 Å². The maximum absolute atomic E-state index is 10.9. The van der Waals surface area contributed by atoms with Gasteiger partial charge in [-0.2, -0.15) is 4.68 Å². The first kappa shape index (κ1) is 11.0. The van der Waals surface area contributed by atoms with Gasteiger partial charge in [0, 0.05) is 7.11 Å². The Bertz CT molecular complexity index is 546. The lowest BCUT2D eigenvalue weighted by atomic mass is 10.3. The van der Waals surface area contributed by atoms with Crippen LogP contribution in [0.15, 0.2) is 4.63 Å². The van der Waals surface area contributed by atoms with Crippen LogP contribution in [0.4, 0.5) is 5.82 Å². The van der Waals surface area contributed by atoms with Crippen molar-refractivity contribution < 1.29 is 19.3 Å². The molecule has 0 aliphatic heterocycles. The highest BCUT2D eigenvalue weighted by Gasteiger charge is 2.23. The first-order valence-corrected chi connectivity index (χ1v) is 4.40. The number of carboxylic acids is 1. The van der Waals surface area contributed by atoms with Crippen molar-refractivity contribution in [1.82, 2.24) is 25.3 Å². The Hall–Kier alpha value is -2.49. The Labute approximate surface area is 93.9 Å². The number of hydrogen-bond donors (Lipinski definition) is 2. The molecule has 0 saturated heterocycles. The molecule has 0 bridgehead atoms. The number of ether oxygens (including phenoxy) is 1. The van der Waals surface area contributed by atoms with Crippen LogP contribution in [0.3, 0.4) is 0 Å². The van der Waals surface area contributed by atoms with E-state index < -0.39 is 5.97 Å². The number of aromatic carboxylic acids is 1. The maximum Gasteiger partial charge on any atom is 0.358 e. The van der Waals surface area contributed by atoms with Gasteiger partial charge in [-0.15, -0.1) is 5.10 Å². The average molecular weight is 240 g/mol. The standard InChI is InChI=1S/C7H8N6O4/c1-16-2-3-4(7(14)15)9-12-13(3)6-5(8)10-17-11-6/h2H2,1H3,(H2,8,10)(H,14,15). The van der Waals surface area contributed by atoms with E-state index in [1.54, 1.807) is 0 Å². The lowest BCUT2D eigenvalue weighted by molar-refractivity contribution is 0.0685. The molecule has 0 fully saturated rings. The van der Waals surface area contributed by atoms with Crippen LogP contribution in [0.2, 0.25) is 0 Å². The van der Waals surface area contributed by atoms with Crippen LogP contribution in [0, 0.1) is 0 Å². The van der Waals surface area contributed by atoms with E-state index in [0.29, 0.717) is 0 Å². The van der Waals surface area contributed by atoms with Crippen molar-refractivity contribution >= 4 is 11.8 Å². The summed E-state index contributed by atoms with van der Waals surface area (Å²) in [5.74, 6) is -1.18. The zero-order valence-electron chi connectivity index (χ0n) is 8.69. The smallest absolute Gasteiger partial charge is 0.358 e. The molecule has 0 atom stereocenters. The van der Waals surface area contributed by atoms with E-state index in [-0.39, 0.29) is 29.6 Å². The van der Waals surface area contributed by atoms with Gasteiger partial charge in [0.05, 0.1) is 6.61 Å². The quantitative estimate of drug-likeness (QED) is 0.693. The number of nitrogens with zero attached hydrogens (tertiary/aromatic N) is 5. The number of hydrogen-bond acceptors (Lipinski definition) is 8. The van der Waals surface area contributed by atoms with Crippen molar-refractivity contribution in [3.8, 4) is 5.82 Å². The van der Waals surface area contributed by atoms with Crippen LogP contribution >= 0.6 is 0 Å². The summed E-state index contributed by atoms with van der Waals surface area (Å²) in [5.41, 5.74) is 5.43. The Balaban J connectivity index is 2.55. The maximum atomic E-state index is 10.9. The van der Waals surface area contributed by atoms with Crippen molar-refractivity contribution in [2.24, 2.45) is 0 Å². The fourth-order valence-electron chi connectivity index (χ4n) is 1.24. The molecular weight excluding hydrogens is 232 g/mol. The molecule has 2 aromatic rings. The highest BCUT2D eigenvalue weighted by Crippen LogP contribution is 2.16. The molecule has 10 nitrogen and oxygen atoms in total. The fourth-order valence-corrected chi connectivity index (χ4v) is 1.24. The lowest BCUT2D eigenvalue weighted by Crippen LogP contribution is -2.09. The van der Waals surface area contributed by atoms with Gasteiger partial charge in [-0.1, -0.05) is 5.21 Å². The molecule has 17 heavy (non-hydrogen) atoms. The van der Waals surface area contributed by atoms with Gasteiger partial charge in [0.25, 0.3) is 0 Å². The van der Waals surface area contributed by atoms with Gasteiger partial charge in [0.15, 0.2) is 5.69 Å². The van der Waals surface area contributed by atoms with Gasteiger partial charge >= 0.3 is 5.97 Å². The van der Waals surface area contributed by atoms with Crippen LogP contribution in [-0.4, -0.2) is 43.5 Å². The zero-order chi connectivity index (χ0) is 12.4. The molecule has 2 heterocycles. The predicted octanol–water partition coefficient (Wildman–Crippen LogP) is -0.923. The van der Waals surface area contributed by atoms with Crippen LogP contribution in [-0.2, 0) is 11.3 Å². The number of anilines is 1. The van der Waals surface area contributed by atoms with E-state index in [4.69, 9.17) is 15.6 Å². The third-order valence-corrected chi connectivity index (χ3v) is 1.94. The van der Waals surface area contributed by atoms with Gasteiger partial charge < -0.3 is 15.6 Å². The monoisotopic (exact) mass is 240 g/mol. The van der Waals surface area contributed by atoms with Crippen LogP contribution in [0.1, 0.15) is 16.2 Å². The van der Waals surface area contributed by atoms with Crippen LogP contribution in [0.5, 0.6) is 0 Å². The predicted molar refractivity (Wildman–Crippen MR) is 51.3 cm³/mol. The molecule has 2 aromatic heterocycles. The van der Waals surface area contributed by atoms with Crippen LogP contribution in [0.25, 0.3) is 5.82 Å². The zero-order valence-corrected chi connectivity index (χ0v) is 8.69. The molecule has 0 spiro atoms. The molecule has 2 rings (SSSR count). The Morgan fingerprint density at radius 1 is 1.59 bits per heavy atom. The minimum Gasteiger partial charge on any atom is -0.476 e. The molecule has 0 amide bonds. The molecule has 0 aliphatic rings. The molecule has 90 valence electrons. The number of carbonyl (C=O) groups is 1. The number of nitrogen functional groups attached to an aromatic ring is 1. The molecule has 0 radical (unpaired) electrons. The first-order chi connectivity index (χ1) is 8.15. The number of methoxy groups -OCH3 is 1. The largest absolute Gasteiger partial charge is 0.476 e. The summed E-state index contributed by atoms with van der Waals surface area (Å²) in [7, 11) is 1.41. The highest BCUT2D eigenvalue weighted by atomic mass is 16.6. The summed E-state index contributed by atoms with van der Waals surface area (Å²) in [6.07, 6.45) is 0. The number of rotatable bonds is 4. The summed E-state index contributed by atoms with van der Waals surface area (Å²) in [6, 6.07) is 0. The minimum atomic E-state index is -1.22. The summed E-state index contributed by atoms with van der Waals surface area (Å²) < 4.78 is 10.4. The molecule has 10 heteroatoms. The van der Waals surface area contributed by atoms with Crippen molar-refractivity contribution in [2.75, 3.05) is 12.8 Å². The average Bonchev–Trinajstić information content (AvgIpc) is 2.85. The molecule has 0 saturated carbocycles. The topological polar surface area (TPSA) is 142 Å². The van der Waals surface area contributed by atoms with E-state index in [0.717, 1.165) is 4.68 Å². The van der Waals surface area contributed by atoms with Crippen molar-refractivity contribution in [3.05, 3.63) is 11.4 Å². The van der Waals surface area contributed by atoms with E-state index in [1.165, 1.54) is 7.11 Å². The van der Waals surface area contributed by atoms with E-state index in [1.807, 2.05) is 0 Å². The van der Waals surface area contributed by atoms with Crippen molar-refractivity contribution in [3.63, 3.8) is 0 Å². The summed E-state index contributed by atoms with van der Waals surface area (Å²) in [6.45, 7) is -0.0130. The fraction of sp³-hybridized carbons (Fsp3) is 0.286. The van der Waals surface area contributed by atoms with Gasteiger partial charge in [0.2, 0.25) is 11.6 Å². The van der Waals surface area contributed by atoms with Gasteiger partial charge in [-0.3, -0.25) is 0 Å². The summed E-state index contributed by atoms with van der Waals surface area (Å²) >= 11 is 0. The summed E-state index contributed by atoms with van der Waals surface area (Å²) in [4.78, 5) is 10.9. The molecular formula is C7H8N6O4. The second-order valence-corrected chi connectivity index (χ2v) is 3.01. The van der Waals surface area contributed by atoms with E-state index in [9.17, 15) is 4.79 Å². The molecule has 0 unspecified atom stereocenters. The van der Waals surface area contributed by atoms with E-state index in [2.05, 4.69) is 25.3 Å². The second kappa shape index (κ2) is 4.17.